The zero-order valence-corrected chi connectivity index (χ0v) is 6.85. The molecule has 0 aromatic rings. The number of nitrogens with one attached hydrogen (secondary N) is 2. The molecule has 80 valence electrons. The summed E-state index contributed by atoms with van der Waals surface area (Å²) in [7, 11) is 0. The van der Waals surface area contributed by atoms with E-state index in [0.29, 0.717) is 0 Å². The predicted molar refractivity (Wildman–Crippen MR) is 36.7 cm³/mol. The zero-order valence-electron chi connectivity index (χ0n) is 6.85. The number of hydrogen-bond acceptors (Lipinski definition) is 4. The molecule has 1 fully saturated rings. The number of carbonyl (C=O) groups excluding carboxylic acids is 2. The van der Waals surface area contributed by atoms with Crippen LogP contribution in [0.5, 0.6) is 0 Å². The predicted octanol–water partition coefficient (Wildman–Crippen LogP) is -0.515. The normalized spacial score (nSPS) is 22.6. The fourth-order valence-electron chi connectivity index (χ4n) is 0.873. The average molecular weight is 212 g/mol. The Balaban J connectivity index is 2.26. The van der Waals surface area contributed by atoms with Crippen molar-refractivity contribution in [2.75, 3.05) is 6.61 Å². The van der Waals surface area contributed by atoms with Gasteiger partial charge in [-0.25, -0.2) is 0 Å². The van der Waals surface area contributed by atoms with Gasteiger partial charge in [0.1, 0.15) is 6.04 Å². The summed E-state index contributed by atoms with van der Waals surface area (Å²) in [5, 5.41) is 1.91. The van der Waals surface area contributed by atoms with Crippen molar-refractivity contribution in [3.05, 3.63) is 0 Å². The number of imide groups is 1. The lowest BCUT2D eigenvalue weighted by atomic mass is 10.3. The highest BCUT2D eigenvalue weighted by atomic mass is 19.4. The first-order chi connectivity index (χ1) is 6.38. The lowest BCUT2D eigenvalue weighted by molar-refractivity contribution is -0.193. The SMILES string of the molecule is O=C1CC(NOCC(F)(F)F)C(=O)N1. The van der Waals surface area contributed by atoms with Gasteiger partial charge in [-0.1, -0.05) is 0 Å². The Bertz CT molecular complexity index is 253. The molecular formula is C6H7F3N2O3. The summed E-state index contributed by atoms with van der Waals surface area (Å²) in [5.41, 5.74) is 1.87. The largest absolute Gasteiger partial charge is 0.413 e. The third kappa shape index (κ3) is 3.30. The second-order valence-corrected chi connectivity index (χ2v) is 2.69. The maximum atomic E-state index is 11.6. The van der Waals surface area contributed by atoms with E-state index in [9.17, 15) is 22.8 Å². The number of hydroxylamine groups is 1. The van der Waals surface area contributed by atoms with Crippen molar-refractivity contribution in [1.82, 2.24) is 10.8 Å². The number of carbonyl (C=O) groups is 2. The summed E-state index contributed by atoms with van der Waals surface area (Å²) < 4.78 is 34.7. The molecule has 8 heteroatoms. The molecule has 0 spiro atoms. The highest BCUT2D eigenvalue weighted by Gasteiger charge is 2.33. The van der Waals surface area contributed by atoms with Crippen molar-refractivity contribution in [2.45, 2.75) is 18.6 Å². The van der Waals surface area contributed by atoms with Crippen LogP contribution in [0.15, 0.2) is 0 Å². The van der Waals surface area contributed by atoms with E-state index in [1.165, 1.54) is 0 Å². The summed E-state index contributed by atoms with van der Waals surface area (Å²) in [6.45, 7) is -1.51. The van der Waals surface area contributed by atoms with Crippen molar-refractivity contribution >= 4 is 11.8 Å². The number of rotatable bonds is 3. The van der Waals surface area contributed by atoms with Gasteiger partial charge >= 0.3 is 6.18 Å². The second kappa shape index (κ2) is 3.93. The lowest BCUT2D eigenvalue weighted by Crippen LogP contribution is -2.38. The zero-order chi connectivity index (χ0) is 10.8. The molecule has 2 N–H and O–H groups in total. The molecule has 1 aliphatic heterocycles. The Hall–Kier alpha value is -1.15. The highest BCUT2D eigenvalue weighted by molar-refractivity contribution is 6.05. The van der Waals surface area contributed by atoms with Gasteiger partial charge in [-0.3, -0.25) is 19.7 Å². The molecule has 1 unspecified atom stereocenters. The smallest absolute Gasteiger partial charge is 0.295 e. The minimum Gasteiger partial charge on any atom is -0.295 e. The molecule has 1 rings (SSSR count). The Labute approximate surface area is 76.5 Å². The van der Waals surface area contributed by atoms with Crippen LogP contribution in [-0.4, -0.2) is 30.6 Å². The molecule has 0 aliphatic carbocycles. The van der Waals surface area contributed by atoms with Crippen molar-refractivity contribution in [3.8, 4) is 0 Å². The van der Waals surface area contributed by atoms with E-state index < -0.39 is 30.6 Å². The van der Waals surface area contributed by atoms with Gasteiger partial charge in [0.25, 0.3) is 0 Å². The van der Waals surface area contributed by atoms with Gasteiger partial charge in [-0.2, -0.15) is 18.7 Å². The molecule has 14 heavy (non-hydrogen) atoms. The van der Waals surface area contributed by atoms with Crippen molar-refractivity contribution in [3.63, 3.8) is 0 Å². The van der Waals surface area contributed by atoms with Crippen LogP contribution in [0.1, 0.15) is 6.42 Å². The van der Waals surface area contributed by atoms with E-state index in [1.807, 2.05) is 10.8 Å². The monoisotopic (exact) mass is 212 g/mol. The number of halogens is 3. The molecule has 0 saturated carbocycles. The molecule has 5 nitrogen and oxygen atoms in total. The van der Waals surface area contributed by atoms with Crippen LogP contribution < -0.4 is 10.8 Å². The third-order valence-electron chi connectivity index (χ3n) is 1.43. The van der Waals surface area contributed by atoms with E-state index in [1.54, 1.807) is 0 Å². The average Bonchev–Trinajstić information content (AvgIpc) is 2.27. The highest BCUT2D eigenvalue weighted by Crippen LogP contribution is 2.14. The van der Waals surface area contributed by atoms with Crippen molar-refractivity contribution < 1.29 is 27.6 Å². The molecule has 2 amide bonds. The maximum absolute atomic E-state index is 11.6. The van der Waals surface area contributed by atoms with Crippen LogP contribution in [0, 0.1) is 0 Å². The summed E-state index contributed by atoms with van der Waals surface area (Å²) >= 11 is 0. The van der Waals surface area contributed by atoms with E-state index >= 15 is 0 Å². The number of alkyl halides is 3. The van der Waals surface area contributed by atoms with Crippen LogP contribution in [0.4, 0.5) is 13.2 Å². The van der Waals surface area contributed by atoms with Crippen molar-refractivity contribution in [2.24, 2.45) is 0 Å². The fraction of sp³-hybridized carbons (Fsp3) is 0.667. The van der Waals surface area contributed by atoms with Crippen molar-refractivity contribution in [1.29, 1.82) is 0 Å². The lowest BCUT2D eigenvalue weighted by Gasteiger charge is -2.10. The topological polar surface area (TPSA) is 67.4 Å². The molecule has 1 heterocycles. The molecule has 0 aromatic carbocycles. The standard InChI is InChI=1S/C6H7F3N2O3/c7-6(8,9)2-14-11-3-1-4(12)10-5(3)13/h3,11H,1-2H2,(H,10,12,13). The van der Waals surface area contributed by atoms with Gasteiger partial charge in [-0.05, 0) is 0 Å². The Morgan fingerprint density at radius 1 is 1.50 bits per heavy atom. The summed E-state index contributed by atoms with van der Waals surface area (Å²) in [6, 6.07) is -1.04. The van der Waals surface area contributed by atoms with Crippen LogP contribution in [-0.2, 0) is 14.4 Å². The Morgan fingerprint density at radius 3 is 2.57 bits per heavy atom. The van der Waals surface area contributed by atoms with E-state index in [2.05, 4.69) is 4.84 Å². The molecule has 1 aliphatic rings. The van der Waals surface area contributed by atoms with Gasteiger partial charge in [0.15, 0.2) is 6.61 Å². The van der Waals surface area contributed by atoms with Gasteiger partial charge in [0, 0.05) is 0 Å². The third-order valence-corrected chi connectivity index (χ3v) is 1.43. The van der Waals surface area contributed by atoms with Crippen LogP contribution >= 0.6 is 0 Å². The molecule has 0 radical (unpaired) electrons. The number of hydrogen-bond donors (Lipinski definition) is 2. The van der Waals surface area contributed by atoms with Crippen LogP contribution in [0.3, 0.4) is 0 Å². The first-order valence-corrected chi connectivity index (χ1v) is 3.66. The quantitative estimate of drug-likeness (QED) is 0.488. The second-order valence-electron chi connectivity index (χ2n) is 2.69. The molecule has 0 aromatic heterocycles. The Kier molecular flexibility index (Phi) is 3.06. The van der Waals surface area contributed by atoms with Gasteiger partial charge in [0.05, 0.1) is 6.42 Å². The first-order valence-electron chi connectivity index (χ1n) is 3.66. The van der Waals surface area contributed by atoms with Crippen LogP contribution in [0.2, 0.25) is 0 Å². The van der Waals surface area contributed by atoms with E-state index in [4.69, 9.17) is 0 Å². The maximum Gasteiger partial charge on any atom is 0.413 e. The minimum atomic E-state index is -4.47. The molecule has 1 atom stereocenters. The minimum absolute atomic E-state index is 0.212. The molecule has 0 bridgehead atoms. The first kappa shape index (κ1) is 10.9. The summed E-state index contributed by atoms with van der Waals surface area (Å²) in [5.74, 6) is -1.22. The van der Waals surface area contributed by atoms with Crippen LogP contribution in [0.25, 0.3) is 0 Å². The molecular weight excluding hydrogens is 205 g/mol. The van der Waals surface area contributed by atoms with Gasteiger partial charge < -0.3 is 0 Å². The summed E-state index contributed by atoms with van der Waals surface area (Å²) in [6.07, 6.45) is -4.68. The van der Waals surface area contributed by atoms with E-state index in [-0.39, 0.29) is 6.42 Å². The molecule has 1 saturated heterocycles. The van der Waals surface area contributed by atoms with E-state index in [0.717, 1.165) is 0 Å². The fourth-order valence-corrected chi connectivity index (χ4v) is 0.873. The Morgan fingerprint density at radius 2 is 2.14 bits per heavy atom. The van der Waals surface area contributed by atoms with Gasteiger partial charge in [-0.15, -0.1) is 0 Å². The van der Waals surface area contributed by atoms with Gasteiger partial charge in [0.2, 0.25) is 11.8 Å². The number of amides is 2. The summed E-state index contributed by atoms with van der Waals surface area (Å²) in [4.78, 5) is 25.4.